The first kappa shape index (κ1) is 12.4. The number of amides is 1. The fourth-order valence-electron chi connectivity index (χ4n) is 1.62. The first-order valence-corrected chi connectivity index (χ1v) is 6.31. The van der Waals surface area contributed by atoms with E-state index in [0.717, 1.165) is 23.4 Å². The number of rotatable bonds is 5. The van der Waals surface area contributed by atoms with Crippen molar-refractivity contribution in [2.24, 2.45) is 0 Å². The highest BCUT2D eigenvalue weighted by Crippen LogP contribution is 2.18. The molecular formula is C13H17ClN2O. The molecule has 17 heavy (non-hydrogen) atoms. The molecule has 0 aliphatic heterocycles. The normalized spacial score (nSPS) is 16.6. The van der Waals surface area contributed by atoms with Gasteiger partial charge in [-0.25, -0.2) is 0 Å². The van der Waals surface area contributed by atoms with Crippen LogP contribution in [0.5, 0.6) is 0 Å². The number of hydrogen-bond acceptors (Lipinski definition) is 2. The van der Waals surface area contributed by atoms with Gasteiger partial charge in [-0.2, -0.15) is 0 Å². The fraction of sp³-hybridized carbons (Fsp3) is 0.462. The number of carbonyl (C=O) groups excluding carboxylic acids is 1. The molecule has 1 unspecified atom stereocenters. The van der Waals surface area contributed by atoms with Crippen molar-refractivity contribution in [1.29, 1.82) is 0 Å². The summed E-state index contributed by atoms with van der Waals surface area (Å²) >= 11 is 5.82. The summed E-state index contributed by atoms with van der Waals surface area (Å²) in [6.07, 6.45) is 2.25. The van der Waals surface area contributed by atoms with E-state index < -0.39 is 0 Å². The molecule has 0 bridgehead atoms. The van der Waals surface area contributed by atoms with E-state index in [-0.39, 0.29) is 11.9 Å². The van der Waals surface area contributed by atoms with Gasteiger partial charge in [0.2, 0.25) is 5.91 Å². The third kappa shape index (κ3) is 4.02. The number of nitrogens with one attached hydrogen (secondary N) is 2. The number of benzene rings is 1. The molecule has 1 aliphatic carbocycles. The van der Waals surface area contributed by atoms with Crippen LogP contribution in [0.25, 0.3) is 0 Å². The molecule has 2 N–H and O–H groups in total. The smallest absolute Gasteiger partial charge is 0.234 e. The quantitative estimate of drug-likeness (QED) is 0.844. The van der Waals surface area contributed by atoms with Gasteiger partial charge in [0.1, 0.15) is 0 Å². The lowest BCUT2D eigenvalue weighted by molar-refractivity contribution is -0.120. The Morgan fingerprint density at radius 2 is 2.06 bits per heavy atom. The summed E-state index contributed by atoms with van der Waals surface area (Å²) in [6, 6.07) is 8.24. The van der Waals surface area contributed by atoms with Crippen LogP contribution >= 0.6 is 11.6 Å². The molecule has 4 heteroatoms. The van der Waals surface area contributed by atoms with Crippen molar-refractivity contribution in [2.75, 3.05) is 6.54 Å². The lowest BCUT2D eigenvalue weighted by Gasteiger charge is -2.14. The molecular weight excluding hydrogens is 236 g/mol. The third-order valence-electron chi connectivity index (χ3n) is 2.88. The molecule has 1 saturated carbocycles. The molecule has 1 amide bonds. The zero-order valence-electron chi connectivity index (χ0n) is 9.87. The second kappa shape index (κ2) is 5.52. The molecule has 1 atom stereocenters. The highest BCUT2D eigenvalue weighted by atomic mass is 35.5. The third-order valence-corrected chi connectivity index (χ3v) is 3.13. The van der Waals surface area contributed by atoms with Gasteiger partial charge in [0.05, 0.1) is 6.54 Å². The van der Waals surface area contributed by atoms with Gasteiger partial charge in [-0.1, -0.05) is 23.7 Å². The molecule has 0 aromatic heterocycles. The van der Waals surface area contributed by atoms with Gasteiger partial charge in [-0.3, -0.25) is 4.79 Å². The average Bonchev–Trinajstić information content (AvgIpc) is 3.11. The Kier molecular flexibility index (Phi) is 4.02. The Hall–Kier alpha value is -1.06. The van der Waals surface area contributed by atoms with Crippen molar-refractivity contribution in [2.45, 2.75) is 31.8 Å². The van der Waals surface area contributed by atoms with Crippen LogP contribution in [-0.2, 0) is 4.79 Å². The minimum absolute atomic E-state index is 0.0771. The van der Waals surface area contributed by atoms with Gasteiger partial charge in [-0.05, 0) is 37.5 Å². The molecule has 1 aliphatic rings. The van der Waals surface area contributed by atoms with Gasteiger partial charge >= 0.3 is 0 Å². The monoisotopic (exact) mass is 252 g/mol. The van der Waals surface area contributed by atoms with Crippen LogP contribution in [0.3, 0.4) is 0 Å². The Bertz CT molecular complexity index is 387. The van der Waals surface area contributed by atoms with Crippen molar-refractivity contribution in [1.82, 2.24) is 10.6 Å². The summed E-state index contributed by atoms with van der Waals surface area (Å²) in [4.78, 5) is 11.5. The molecule has 0 spiro atoms. The lowest BCUT2D eigenvalue weighted by atomic mass is 10.1. The molecule has 0 heterocycles. The van der Waals surface area contributed by atoms with Crippen LogP contribution in [0, 0.1) is 0 Å². The minimum atomic E-state index is 0.0771. The van der Waals surface area contributed by atoms with Crippen molar-refractivity contribution >= 4 is 17.5 Å². The van der Waals surface area contributed by atoms with Gasteiger partial charge in [-0.15, -0.1) is 0 Å². The van der Waals surface area contributed by atoms with Gasteiger partial charge in [0, 0.05) is 17.1 Å². The maximum Gasteiger partial charge on any atom is 0.234 e. The summed E-state index contributed by atoms with van der Waals surface area (Å²) in [5.41, 5.74) is 1.13. The highest BCUT2D eigenvalue weighted by molar-refractivity contribution is 6.30. The molecule has 1 aromatic carbocycles. The number of hydrogen-bond donors (Lipinski definition) is 2. The van der Waals surface area contributed by atoms with Gasteiger partial charge < -0.3 is 10.6 Å². The topological polar surface area (TPSA) is 41.1 Å². The standard InChI is InChI=1S/C13H17ClN2O/c1-9(10-2-4-11(14)5-3-10)15-8-13(17)16-12-6-7-12/h2-5,9,12,15H,6-8H2,1H3,(H,16,17). The zero-order valence-corrected chi connectivity index (χ0v) is 10.6. The Morgan fingerprint density at radius 1 is 1.41 bits per heavy atom. The molecule has 0 saturated heterocycles. The fourth-order valence-corrected chi connectivity index (χ4v) is 1.75. The molecule has 2 rings (SSSR count). The van der Waals surface area contributed by atoms with Crippen LogP contribution < -0.4 is 10.6 Å². The zero-order chi connectivity index (χ0) is 12.3. The van der Waals surface area contributed by atoms with Crippen LogP contribution in [0.15, 0.2) is 24.3 Å². The van der Waals surface area contributed by atoms with Gasteiger partial charge in [0.15, 0.2) is 0 Å². The van der Waals surface area contributed by atoms with E-state index in [2.05, 4.69) is 10.6 Å². The predicted molar refractivity (Wildman–Crippen MR) is 69.0 cm³/mol. The second-order valence-electron chi connectivity index (χ2n) is 4.50. The minimum Gasteiger partial charge on any atom is -0.352 e. The molecule has 1 fully saturated rings. The Balaban J connectivity index is 1.77. The van der Waals surface area contributed by atoms with Crippen LogP contribution in [-0.4, -0.2) is 18.5 Å². The first-order valence-electron chi connectivity index (χ1n) is 5.93. The Labute approximate surface area is 107 Å². The van der Waals surface area contributed by atoms with Crippen LogP contribution in [0.4, 0.5) is 0 Å². The number of carbonyl (C=O) groups is 1. The van der Waals surface area contributed by atoms with E-state index in [4.69, 9.17) is 11.6 Å². The summed E-state index contributed by atoms with van der Waals surface area (Å²) < 4.78 is 0. The number of halogens is 1. The summed E-state index contributed by atoms with van der Waals surface area (Å²) in [5, 5.41) is 6.87. The van der Waals surface area contributed by atoms with E-state index in [1.807, 2.05) is 31.2 Å². The average molecular weight is 253 g/mol. The largest absolute Gasteiger partial charge is 0.352 e. The molecule has 0 radical (unpaired) electrons. The van der Waals surface area contributed by atoms with E-state index in [9.17, 15) is 4.79 Å². The predicted octanol–water partition coefficient (Wildman–Crippen LogP) is 2.27. The second-order valence-corrected chi connectivity index (χ2v) is 4.93. The molecule has 3 nitrogen and oxygen atoms in total. The van der Waals surface area contributed by atoms with E-state index in [1.165, 1.54) is 0 Å². The SMILES string of the molecule is CC(NCC(=O)NC1CC1)c1ccc(Cl)cc1. The maximum absolute atomic E-state index is 11.5. The van der Waals surface area contributed by atoms with E-state index in [0.29, 0.717) is 12.6 Å². The summed E-state index contributed by atoms with van der Waals surface area (Å²) in [6.45, 7) is 2.40. The van der Waals surface area contributed by atoms with E-state index in [1.54, 1.807) is 0 Å². The summed E-state index contributed by atoms with van der Waals surface area (Å²) in [5.74, 6) is 0.0771. The van der Waals surface area contributed by atoms with Crippen LogP contribution in [0.2, 0.25) is 5.02 Å². The molecule has 1 aromatic rings. The van der Waals surface area contributed by atoms with Crippen molar-refractivity contribution in [3.05, 3.63) is 34.9 Å². The van der Waals surface area contributed by atoms with Crippen molar-refractivity contribution in [3.8, 4) is 0 Å². The van der Waals surface area contributed by atoms with Crippen molar-refractivity contribution < 1.29 is 4.79 Å². The van der Waals surface area contributed by atoms with Gasteiger partial charge in [0.25, 0.3) is 0 Å². The molecule has 92 valence electrons. The van der Waals surface area contributed by atoms with E-state index >= 15 is 0 Å². The van der Waals surface area contributed by atoms with Crippen molar-refractivity contribution in [3.63, 3.8) is 0 Å². The lowest BCUT2D eigenvalue weighted by Crippen LogP contribution is -2.36. The Morgan fingerprint density at radius 3 is 2.65 bits per heavy atom. The highest BCUT2D eigenvalue weighted by Gasteiger charge is 2.23. The maximum atomic E-state index is 11.5. The van der Waals surface area contributed by atoms with Crippen LogP contribution in [0.1, 0.15) is 31.4 Å². The first-order chi connectivity index (χ1) is 8.15. The summed E-state index contributed by atoms with van der Waals surface area (Å²) in [7, 11) is 0.